The lowest BCUT2D eigenvalue weighted by atomic mass is 10.0. The van der Waals surface area contributed by atoms with E-state index in [0.29, 0.717) is 13.0 Å². The van der Waals surface area contributed by atoms with E-state index in [0.717, 1.165) is 6.54 Å². The topological polar surface area (TPSA) is 38.3 Å². The van der Waals surface area contributed by atoms with Crippen LogP contribution in [0.4, 0.5) is 0 Å². The van der Waals surface area contributed by atoms with Crippen molar-refractivity contribution in [3.05, 3.63) is 0 Å². The maximum absolute atomic E-state index is 11.2. The molecular weight excluding hydrogens is 154 g/mol. The van der Waals surface area contributed by atoms with Gasteiger partial charge < -0.3 is 10.1 Å². The Morgan fingerprint density at radius 3 is 2.75 bits per heavy atom. The SMILES string of the molecule is CCC(=O)[C@@H]1COC(C)(C)CN1. The van der Waals surface area contributed by atoms with Gasteiger partial charge in [-0.15, -0.1) is 0 Å². The zero-order chi connectivity index (χ0) is 9.19. The van der Waals surface area contributed by atoms with Gasteiger partial charge in [-0.25, -0.2) is 0 Å². The number of Topliss-reactive ketones (excluding diaryl/α,β-unsaturated/α-hetero) is 1. The molecule has 0 unspecified atom stereocenters. The minimum absolute atomic E-state index is 0.0805. The maximum Gasteiger partial charge on any atom is 0.151 e. The molecule has 70 valence electrons. The summed E-state index contributed by atoms with van der Waals surface area (Å²) in [6, 6.07) is -0.0805. The lowest BCUT2D eigenvalue weighted by molar-refractivity contribution is -0.128. The first-order valence-corrected chi connectivity index (χ1v) is 4.45. The van der Waals surface area contributed by atoms with E-state index in [-0.39, 0.29) is 17.4 Å². The quantitative estimate of drug-likeness (QED) is 0.665. The second kappa shape index (κ2) is 3.54. The Labute approximate surface area is 73.5 Å². The Morgan fingerprint density at radius 2 is 2.33 bits per heavy atom. The Bertz CT molecular complexity index is 167. The van der Waals surface area contributed by atoms with Crippen LogP contribution in [0.15, 0.2) is 0 Å². The molecule has 0 bridgehead atoms. The van der Waals surface area contributed by atoms with E-state index in [9.17, 15) is 4.79 Å². The van der Waals surface area contributed by atoms with E-state index in [1.807, 2.05) is 20.8 Å². The summed E-state index contributed by atoms with van der Waals surface area (Å²) < 4.78 is 5.52. The molecule has 1 heterocycles. The number of hydrogen-bond acceptors (Lipinski definition) is 3. The van der Waals surface area contributed by atoms with Crippen LogP contribution >= 0.6 is 0 Å². The predicted molar refractivity (Wildman–Crippen MR) is 47.1 cm³/mol. The molecule has 1 aliphatic rings. The van der Waals surface area contributed by atoms with E-state index < -0.39 is 0 Å². The summed E-state index contributed by atoms with van der Waals surface area (Å²) in [6.07, 6.45) is 0.585. The summed E-state index contributed by atoms with van der Waals surface area (Å²) in [7, 11) is 0. The first-order valence-electron chi connectivity index (χ1n) is 4.45. The number of nitrogens with one attached hydrogen (secondary N) is 1. The number of ketones is 1. The molecule has 1 fully saturated rings. The molecule has 0 aromatic heterocycles. The molecule has 0 aliphatic carbocycles. The minimum atomic E-state index is -0.121. The van der Waals surface area contributed by atoms with Crippen molar-refractivity contribution < 1.29 is 9.53 Å². The van der Waals surface area contributed by atoms with Crippen LogP contribution in [0.5, 0.6) is 0 Å². The lowest BCUT2D eigenvalue weighted by Gasteiger charge is -2.35. The van der Waals surface area contributed by atoms with Crippen LogP contribution in [0.2, 0.25) is 0 Å². The van der Waals surface area contributed by atoms with Crippen molar-refractivity contribution in [2.75, 3.05) is 13.2 Å². The predicted octanol–water partition coefficient (Wildman–Crippen LogP) is 0.732. The number of rotatable bonds is 2. The zero-order valence-corrected chi connectivity index (χ0v) is 8.02. The van der Waals surface area contributed by atoms with Crippen LogP contribution < -0.4 is 5.32 Å². The first kappa shape index (κ1) is 9.68. The van der Waals surface area contributed by atoms with Gasteiger partial charge in [-0.2, -0.15) is 0 Å². The molecule has 0 spiro atoms. The van der Waals surface area contributed by atoms with Crippen molar-refractivity contribution in [2.45, 2.75) is 38.8 Å². The number of hydrogen-bond donors (Lipinski definition) is 1. The molecule has 0 amide bonds. The normalized spacial score (nSPS) is 28.4. The molecule has 3 heteroatoms. The Morgan fingerprint density at radius 1 is 1.67 bits per heavy atom. The van der Waals surface area contributed by atoms with Crippen LogP contribution in [-0.2, 0) is 9.53 Å². The van der Waals surface area contributed by atoms with E-state index in [1.165, 1.54) is 0 Å². The third-order valence-corrected chi connectivity index (χ3v) is 2.15. The van der Waals surface area contributed by atoms with E-state index in [2.05, 4.69) is 5.32 Å². The molecule has 1 N–H and O–H groups in total. The summed E-state index contributed by atoms with van der Waals surface area (Å²) in [6.45, 7) is 7.19. The van der Waals surface area contributed by atoms with Gasteiger partial charge in [0.15, 0.2) is 5.78 Å². The minimum Gasteiger partial charge on any atom is -0.372 e. The Hall–Kier alpha value is -0.410. The van der Waals surface area contributed by atoms with Gasteiger partial charge in [0.2, 0.25) is 0 Å². The average Bonchev–Trinajstić information content (AvgIpc) is 2.03. The molecule has 12 heavy (non-hydrogen) atoms. The van der Waals surface area contributed by atoms with Crippen molar-refractivity contribution >= 4 is 5.78 Å². The van der Waals surface area contributed by atoms with Gasteiger partial charge >= 0.3 is 0 Å². The standard InChI is InChI=1S/C9H17NO2/c1-4-8(11)7-5-12-9(2,3)6-10-7/h7,10H,4-6H2,1-3H3/t7-/m0/s1. The van der Waals surface area contributed by atoms with Crippen molar-refractivity contribution in [1.29, 1.82) is 0 Å². The fraction of sp³-hybridized carbons (Fsp3) is 0.889. The summed E-state index contributed by atoms with van der Waals surface area (Å²) in [5.74, 6) is 0.241. The van der Waals surface area contributed by atoms with Gasteiger partial charge in [0.1, 0.15) is 0 Å². The summed E-state index contributed by atoms with van der Waals surface area (Å²) in [5, 5.41) is 3.19. The molecule has 0 radical (unpaired) electrons. The Kier molecular flexibility index (Phi) is 2.85. The van der Waals surface area contributed by atoms with E-state index in [4.69, 9.17) is 4.74 Å². The van der Waals surface area contributed by atoms with Crippen LogP contribution in [-0.4, -0.2) is 30.6 Å². The summed E-state index contributed by atoms with van der Waals surface area (Å²) >= 11 is 0. The summed E-state index contributed by atoms with van der Waals surface area (Å²) in [5.41, 5.74) is -0.121. The highest BCUT2D eigenvalue weighted by Crippen LogP contribution is 2.13. The van der Waals surface area contributed by atoms with E-state index >= 15 is 0 Å². The molecule has 3 nitrogen and oxygen atoms in total. The van der Waals surface area contributed by atoms with Crippen molar-refractivity contribution in [3.63, 3.8) is 0 Å². The van der Waals surface area contributed by atoms with Gasteiger partial charge in [0.25, 0.3) is 0 Å². The van der Waals surface area contributed by atoms with Crippen molar-refractivity contribution in [1.82, 2.24) is 5.32 Å². The van der Waals surface area contributed by atoms with Gasteiger partial charge in [0.05, 0.1) is 18.2 Å². The van der Waals surface area contributed by atoms with Gasteiger partial charge in [-0.05, 0) is 13.8 Å². The fourth-order valence-electron chi connectivity index (χ4n) is 1.24. The molecule has 0 aromatic carbocycles. The number of carbonyl (C=O) groups excluding carboxylic acids is 1. The second-order valence-corrected chi connectivity index (χ2v) is 3.82. The van der Waals surface area contributed by atoms with Gasteiger partial charge in [-0.1, -0.05) is 6.92 Å². The molecule has 1 rings (SSSR count). The fourth-order valence-corrected chi connectivity index (χ4v) is 1.24. The zero-order valence-electron chi connectivity index (χ0n) is 8.02. The van der Waals surface area contributed by atoms with Crippen LogP contribution in [0, 0.1) is 0 Å². The molecular formula is C9H17NO2. The van der Waals surface area contributed by atoms with Gasteiger partial charge in [-0.3, -0.25) is 4.79 Å². The first-order chi connectivity index (χ1) is 5.55. The average molecular weight is 171 g/mol. The largest absolute Gasteiger partial charge is 0.372 e. The molecule has 1 saturated heterocycles. The smallest absolute Gasteiger partial charge is 0.151 e. The highest BCUT2D eigenvalue weighted by molar-refractivity contribution is 5.83. The number of carbonyl (C=O) groups is 1. The van der Waals surface area contributed by atoms with Crippen LogP contribution in [0.25, 0.3) is 0 Å². The van der Waals surface area contributed by atoms with Crippen molar-refractivity contribution in [3.8, 4) is 0 Å². The molecule has 0 aromatic rings. The third-order valence-electron chi connectivity index (χ3n) is 2.15. The highest BCUT2D eigenvalue weighted by atomic mass is 16.5. The summed E-state index contributed by atoms with van der Waals surface area (Å²) in [4.78, 5) is 11.2. The monoisotopic (exact) mass is 171 g/mol. The van der Waals surface area contributed by atoms with Crippen LogP contribution in [0.3, 0.4) is 0 Å². The van der Waals surface area contributed by atoms with Gasteiger partial charge in [0, 0.05) is 13.0 Å². The van der Waals surface area contributed by atoms with Crippen LogP contribution in [0.1, 0.15) is 27.2 Å². The van der Waals surface area contributed by atoms with E-state index in [1.54, 1.807) is 0 Å². The highest BCUT2D eigenvalue weighted by Gasteiger charge is 2.29. The lowest BCUT2D eigenvalue weighted by Crippen LogP contribution is -2.54. The van der Waals surface area contributed by atoms with Crippen molar-refractivity contribution in [2.24, 2.45) is 0 Å². The molecule has 0 saturated carbocycles. The third kappa shape index (κ3) is 2.29. The molecule has 1 atom stereocenters. The maximum atomic E-state index is 11.2. The number of ether oxygens (including phenoxy) is 1. The number of morpholine rings is 1. The molecule has 1 aliphatic heterocycles. The Balaban J connectivity index is 2.41. The second-order valence-electron chi connectivity index (χ2n) is 3.82.